The molecule has 0 unspecified atom stereocenters. The number of esters is 1. The lowest BCUT2D eigenvalue weighted by molar-refractivity contribution is -0.144. The fraction of sp³-hybridized carbons (Fsp3) is 0.118. The van der Waals surface area contributed by atoms with E-state index in [1.54, 1.807) is 18.2 Å². The van der Waals surface area contributed by atoms with Gasteiger partial charge in [0.1, 0.15) is 11.3 Å². The first-order valence-corrected chi connectivity index (χ1v) is 7.79. The number of hydrogen-bond acceptors (Lipinski definition) is 5. The van der Waals surface area contributed by atoms with Crippen LogP contribution < -0.4 is 0 Å². The van der Waals surface area contributed by atoms with Crippen LogP contribution in [0.2, 0.25) is 5.02 Å². The second-order valence-electron chi connectivity index (χ2n) is 5.42. The predicted molar refractivity (Wildman–Crippen MR) is 88.6 cm³/mol. The zero-order chi connectivity index (χ0) is 17.4. The quantitative estimate of drug-likeness (QED) is 0.561. The van der Waals surface area contributed by atoms with Crippen molar-refractivity contribution in [2.45, 2.75) is 13.0 Å². The maximum Gasteiger partial charge on any atom is 0.312 e. The van der Waals surface area contributed by atoms with Gasteiger partial charge in [-0.1, -0.05) is 11.6 Å². The maximum absolute atomic E-state index is 13.1. The van der Waals surface area contributed by atoms with Crippen LogP contribution in [-0.4, -0.2) is 21.2 Å². The molecule has 0 bridgehead atoms. The molecule has 0 radical (unpaired) electrons. The molecule has 2 heterocycles. The topological polar surface area (TPSA) is 81.0 Å². The highest BCUT2D eigenvalue weighted by molar-refractivity contribution is 6.31. The summed E-state index contributed by atoms with van der Waals surface area (Å²) in [4.78, 5) is 16.1. The Morgan fingerprint density at radius 3 is 3.00 bits per heavy atom. The minimum absolute atomic E-state index is 0.00565. The normalized spacial score (nSPS) is 11.3. The highest BCUT2D eigenvalue weighted by Crippen LogP contribution is 2.21. The summed E-state index contributed by atoms with van der Waals surface area (Å²) in [5, 5.41) is 8.24. The number of ether oxygens (including phenoxy) is 1. The zero-order valence-electron chi connectivity index (χ0n) is 12.8. The number of carbonyl (C=O) groups excluding carboxylic acids is 1. The van der Waals surface area contributed by atoms with E-state index >= 15 is 0 Å². The van der Waals surface area contributed by atoms with Crippen molar-refractivity contribution in [2.24, 2.45) is 0 Å². The summed E-state index contributed by atoms with van der Waals surface area (Å²) in [5.41, 5.74) is 2.14. The van der Waals surface area contributed by atoms with E-state index in [-0.39, 0.29) is 18.9 Å². The van der Waals surface area contributed by atoms with Gasteiger partial charge in [-0.3, -0.25) is 9.89 Å². The summed E-state index contributed by atoms with van der Waals surface area (Å²) in [6.07, 6.45) is 0.00565. The Bertz CT molecular complexity index is 1090. The van der Waals surface area contributed by atoms with E-state index in [2.05, 4.69) is 15.2 Å². The summed E-state index contributed by atoms with van der Waals surface area (Å²) in [5.74, 6) is -0.681. The number of oxazole rings is 1. The monoisotopic (exact) mass is 359 g/mol. The minimum atomic E-state index is -0.473. The summed E-state index contributed by atoms with van der Waals surface area (Å²) in [7, 11) is 0. The third-order valence-electron chi connectivity index (χ3n) is 3.67. The van der Waals surface area contributed by atoms with Gasteiger partial charge in [-0.25, -0.2) is 9.37 Å². The second kappa shape index (κ2) is 6.18. The number of nitrogens with one attached hydrogen (secondary N) is 1. The van der Waals surface area contributed by atoms with Crippen LogP contribution in [0, 0.1) is 5.82 Å². The molecule has 0 saturated heterocycles. The van der Waals surface area contributed by atoms with Gasteiger partial charge in [0.25, 0.3) is 0 Å². The summed E-state index contributed by atoms with van der Waals surface area (Å²) in [6, 6.07) is 9.23. The average molecular weight is 360 g/mol. The average Bonchev–Trinajstić information content (AvgIpc) is 3.16. The maximum atomic E-state index is 13.1. The summed E-state index contributed by atoms with van der Waals surface area (Å²) >= 11 is 5.97. The van der Waals surface area contributed by atoms with Crippen LogP contribution in [0.3, 0.4) is 0 Å². The Balaban J connectivity index is 1.45. The van der Waals surface area contributed by atoms with E-state index in [1.165, 1.54) is 18.2 Å². The SMILES string of the molecule is O=C(Cc1[nH]nc2ccc(Cl)cc12)OCc1nc2cc(F)ccc2o1. The predicted octanol–water partition coefficient (Wildman–Crippen LogP) is 3.78. The van der Waals surface area contributed by atoms with Gasteiger partial charge in [0.05, 0.1) is 17.6 Å². The standard InChI is InChI=1S/C17H11ClFN3O3/c18-9-1-3-12-11(5-9)13(22-21-12)7-17(23)24-8-16-20-14-6-10(19)2-4-15(14)25-16/h1-6H,7-8H2,(H,21,22). The number of halogens is 2. The van der Waals surface area contributed by atoms with Crippen LogP contribution >= 0.6 is 11.6 Å². The van der Waals surface area contributed by atoms with Crippen molar-refractivity contribution in [3.63, 3.8) is 0 Å². The third-order valence-corrected chi connectivity index (χ3v) is 3.90. The third kappa shape index (κ3) is 3.18. The van der Waals surface area contributed by atoms with Crippen molar-refractivity contribution in [1.82, 2.24) is 15.2 Å². The highest BCUT2D eigenvalue weighted by Gasteiger charge is 2.14. The van der Waals surface area contributed by atoms with Gasteiger partial charge < -0.3 is 9.15 Å². The van der Waals surface area contributed by atoms with Gasteiger partial charge in [0.2, 0.25) is 5.89 Å². The van der Waals surface area contributed by atoms with Gasteiger partial charge in [0, 0.05) is 16.5 Å². The van der Waals surface area contributed by atoms with E-state index in [0.717, 1.165) is 5.39 Å². The Kier molecular flexibility index (Phi) is 3.85. The first-order valence-electron chi connectivity index (χ1n) is 7.41. The van der Waals surface area contributed by atoms with Gasteiger partial charge in [0.15, 0.2) is 12.2 Å². The lowest BCUT2D eigenvalue weighted by Crippen LogP contribution is -2.08. The van der Waals surface area contributed by atoms with Gasteiger partial charge in [-0.2, -0.15) is 5.10 Å². The van der Waals surface area contributed by atoms with E-state index in [0.29, 0.717) is 27.3 Å². The molecule has 0 amide bonds. The van der Waals surface area contributed by atoms with Gasteiger partial charge in [-0.15, -0.1) is 0 Å². The van der Waals surface area contributed by atoms with Crippen LogP contribution in [0.1, 0.15) is 11.6 Å². The number of aromatic amines is 1. The Morgan fingerprint density at radius 1 is 1.24 bits per heavy atom. The first kappa shape index (κ1) is 15.6. The van der Waals surface area contributed by atoms with Crippen molar-refractivity contribution in [3.05, 3.63) is 58.8 Å². The van der Waals surface area contributed by atoms with Crippen LogP contribution in [0.4, 0.5) is 4.39 Å². The van der Waals surface area contributed by atoms with Crippen LogP contribution in [0.25, 0.3) is 22.0 Å². The van der Waals surface area contributed by atoms with Crippen molar-refractivity contribution in [1.29, 1.82) is 0 Å². The molecule has 2 aromatic heterocycles. The number of nitrogens with zero attached hydrogens (tertiary/aromatic N) is 2. The molecule has 1 N–H and O–H groups in total. The molecular formula is C17H11ClFN3O3. The smallest absolute Gasteiger partial charge is 0.312 e. The second-order valence-corrected chi connectivity index (χ2v) is 5.86. The van der Waals surface area contributed by atoms with E-state index in [4.69, 9.17) is 20.8 Å². The molecule has 0 aliphatic rings. The number of aromatic nitrogens is 3. The van der Waals surface area contributed by atoms with Crippen molar-refractivity contribution in [2.75, 3.05) is 0 Å². The molecule has 126 valence electrons. The molecule has 0 aliphatic carbocycles. The molecule has 25 heavy (non-hydrogen) atoms. The molecule has 4 aromatic rings. The number of hydrogen-bond donors (Lipinski definition) is 1. The molecule has 0 fully saturated rings. The van der Waals surface area contributed by atoms with Crippen LogP contribution in [-0.2, 0) is 22.6 Å². The Hall–Kier alpha value is -2.93. The van der Waals surface area contributed by atoms with Crippen LogP contribution in [0.15, 0.2) is 40.8 Å². The summed E-state index contributed by atoms with van der Waals surface area (Å²) < 4.78 is 23.7. The lowest BCUT2D eigenvalue weighted by Gasteiger charge is -2.01. The molecule has 0 aliphatic heterocycles. The fourth-order valence-electron chi connectivity index (χ4n) is 2.52. The van der Waals surface area contributed by atoms with E-state index in [1.807, 2.05) is 0 Å². The highest BCUT2D eigenvalue weighted by atomic mass is 35.5. The van der Waals surface area contributed by atoms with E-state index < -0.39 is 11.8 Å². The lowest BCUT2D eigenvalue weighted by atomic mass is 10.2. The fourth-order valence-corrected chi connectivity index (χ4v) is 2.69. The molecule has 8 heteroatoms. The molecule has 0 atom stereocenters. The minimum Gasteiger partial charge on any atom is -0.455 e. The zero-order valence-corrected chi connectivity index (χ0v) is 13.5. The first-order chi connectivity index (χ1) is 12.1. The van der Waals surface area contributed by atoms with Crippen molar-refractivity contribution < 1.29 is 18.3 Å². The molecule has 4 rings (SSSR count). The van der Waals surface area contributed by atoms with Gasteiger partial charge in [-0.05, 0) is 30.3 Å². The number of H-pyrrole nitrogens is 1. The molecule has 2 aromatic carbocycles. The largest absolute Gasteiger partial charge is 0.455 e. The summed E-state index contributed by atoms with van der Waals surface area (Å²) in [6.45, 7) is -0.137. The van der Waals surface area contributed by atoms with E-state index in [9.17, 15) is 9.18 Å². The molecular weight excluding hydrogens is 349 g/mol. The Morgan fingerprint density at radius 2 is 2.12 bits per heavy atom. The number of fused-ring (bicyclic) bond motifs is 2. The number of carbonyl (C=O) groups is 1. The van der Waals surface area contributed by atoms with Crippen molar-refractivity contribution >= 4 is 39.6 Å². The van der Waals surface area contributed by atoms with Crippen molar-refractivity contribution in [3.8, 4) is 0 Å². The van der Waals surface area contributed by atoms with Gasteiger partial charge >= 0.3 is 5.97 Å². The number of rotatable bonds is 4. The molecule has 0 saturated carbocycles. The number of benzene rings is 2. The Labute approximate surface area is 145 Å². The molecule has 6 nitrogen and oxygen atoms in total. The van der Waals surface area contributed by atoms with Crippen LogP contribution in [0.5, 0.6) is 0 Å². The molecule has 0 spiro atoms.